The molecule has 1 unspecified atom stereocenters. The third-order valence-corrected chi connectivity index (χ3v) is 2.73. The van der Waals surface area contributed by atoms with E-state index in [1.807, 2.05) is 13.0 Å². The lowest BCUT2D eigenvalue weighted by Gasteiger charge is -2.20. The second kappa shape index (κ2) is 2.51. The molecule has 3 heteroatoms. The van der Waals surface area contributed by atoms with Gasteiger partial charge in [-0.2, -0.15) is 0 Å². The summed E-state index contributed by atoms with van der Waals surface area (Å²) >= 11 is 5.67. The Labute approximate surface area is 76.7 Å². The molecular weight excluding hydrogens is 174 g/mol. The fraction of sp³-hybridized carbons (Fsp3) is 0.556. The highest BCUT2D eigenvalue weighted by atomic mass is 35.5. The molecule has 1 aliphatic carbocycles. The molecular formula is C9H12ClNO. The van der Waals surface area contributed by atoms with Crippen LogP contribution in [0.3, 0.4) is 0 Å². The zero-order valence-electron chi connectivity index (χ0n) is 7.01. The Morgan fingerprint density at radius 1 is 1.58 bits per heavy atom. The molecule has 0 saturated heterocycles. The summed E-state index contributed by atoms with van der Waals surface area (Å²) in [5.41, 5.74) is 5.78. The van der Waals surface area contributed by atoms with Crippen LogP contribution in [0, 0.1) is 5.92 Å². The number of halogens is 1. The van der Waals surface area contributed by atoms with Gasteiger partial charge in [-0.1, -0.05) is 0 Å². The van der Waals surface area contributed by atoms with Crippen LogP contribution in [0.1, 0.15) is 25.5 Å². The molecule has 66 valence electrons. The van der Waals surface area contributed by atoms with Crippen LogP contribution in [0.15, 0.2) is 16.5 Å². The zero-order chi connectivity index (χ0) is 8.77. The van der Waals surface area contributed by atoms with Crippen molar-refractivity contribution in [3.05, 3.63) is 23.1 Å². The first kappa shape index (κ1) is 8.14. The van der Waals surface area contributed by atoms with E-state index in [2.05, 4.69) is 0 Å². The quantitative estimate of drug-likeness (QED) is 0.769. The Morgan fingerprint density at radius 2 is 2.25 bits per heavy atom. The van der Waals surface area contributed by atoms with Gasteiger partial charge in [0.1, 0.15) is 5.76 Å². The number of hydrogen-bond acceptors (Lipinski definition) is 2. The van der Waals surface area contributed by atoms with Crippen LogP contribution in [0.5, 0.6) is 0 Å². The van der Waals surface area contributed by atoms with Crippen molar-refractivity contribution in [2.75, 3.05) is 0 Å². The second-order valence-electron chi connectivity index (χ2n) is 3.66. The fourth-order valence-electron chi connectivity index (χ4n) is 1.49. The monoisotopic (exact) mass is 185 g/mol. The van der Waals surface area contributed by atoms with Crippen molar-refractivity contribution in [2.45, 2.75) is 25.3 Å². The van der Waals surface area contributed by atoms with Crippen molar-refractivity contribution in [3.63, 3.8) is 0 Å². The Morgan fingerprint density at radius 3 is 2.67 bits per heavy atom. The van der Waals surface area contributed by atoms with Gasteiger partial charge in [0.2, 0.25) is 0 Å². The summed E-state index contributed by atoms with van der Waals surface area (Å²) in [5.74, 6) is 1.37. The van der Waals surface area contributed by atoms with Crippen molar-refractivity contribution in [3.8, 4) is 0 Å². The highest BCUT2D eigenvalue weighted by molar-refractivity contribution is 6.28. The van der Waals surface area contributed by atoms with E-state index in [4.69, 9.17) is 21.8 Å². The third-order valence-electron chi connectivity index (χ3n) is 2.53. The molecule has 1 saturated carbocycles. The van der Waals surface area contributed by atoms with Crippen LogP contribution in [0.25, 0.3) is 0 Å². The van der Waals surface area contributed by atoms with E-state index in [0.717, 1.165) is 5.76 Å². The largest absolute Gasteiger partial charge is 0.448 e. The van der Waals surface area contributed by atoms with Gasteiger partial charge in [0.25, 0.3) is 0 Å². The Bertz CT molecular complexity index is 288. The van der Waals surface area contributed by atoms with Crippen LogP contribution in [-0.2, 0) is 5.54 Å². The van der Waals surface area contributed by atoms with Gasteiger partial charge in [0, 0.05) is 0 Å². The molecule has 2 N–H and O–H groups in total. The molecule has 1 fully saturated rings. The minimum atomic E-state index is -0.326. The molecule has 1 aromatic rings. The molecule has 1 aliphatic rings. The third kappa shape index (κ3) is 1.25. The summed E-state index contributed by atoms with van der Waals surface area (Å²) in [7, 11) is 0. The lowest BCUT2D eigenvalue weighted by atomic mass is 9.94. The molecule has 0 amide bonds. The number of hydrogen-bond donors (Lipinski definition) is 1. The van der Waals surface area contributed by atoms with E-state index >= 15 is 0 Å². The Hall–Kier alpha value is -0.470. The summed E-state index contributed by atoms with van der Waals surface area (Å²) in [4.78, 5) is 0. The van der Waals surface area contributed by atoms with E-state index in [1.165, 1.54) is 12.8 Å². The van der Waals surface area contributed by atoms with Gasteiger partial charge >= 0.3 is 0 Å². The summed E-state index contributed by atoms with van der Waals surface area (Å²) in [5, 5.41) is 0.419. The maximum atomic E-state index is 6.10. The average molecular weight is 186 g/mol. The van der Waals surface area contributed by atoms with Crippen molar-refractivity contribution >= 4 is 11.6 Å². The van der Waals surface area contributed by atoms with Crippen molar-refractivity contribution in [1.29, 1.82) is 0 Å². The van der Waals surface area contributed by atoms with E-state index in [-0.39, 0.29) is 5.54 Å². The van der Waals surface area contributed by atoms with Crippen LogP contribution in [-0.4, -0.2) is 0 Å². The molecule has 1 atom stereocenters. The van der Waals surface area contributed by atoms with Crippen LogP contribution in [0.4, 0.5) is 0 Å². The molecule has 0 bridgehead atoms. The first-order chi connectivity index (χ1) is 5.60. The summed E-state index contributed by atoms with van der Waals surface area (Å²) in [6.45, 7) is 2.00. The minimum Gasteiger partial charge on any atom is -0.448 e. The van der Waals surface area contributed by atoms with Crippen LogP contribution >= 0.6 is 11.6 Å². The number of rotatable bonds is 2. The second-order valence-corrected chi connectivity index (χ2v) is 4.03. The first-order valence-corrected chi connectivity index (χ1v) is 4.53. The van der Waals surface area contributed by atoms with Gasteiger partial charge < -0.3 is 10.2 Å². The summed E-state index contributed by atoms with van der Waals surface area (Å²) in [6.07, 6.45) is 2.40. The molecule has 1 heterocycles. The van der Waals surface area contributed by atoms with Crippen LogP contribution < -0.4 is 5.73 Å². The van der Waals surface area contributed by atoms with Gasteiger partial charge in [0.05, 0.1) is 5.54 Å². The zero-order valence-corrected chi connectivity index (χ0v) is 7.77. The van der Waals surface area contributed by atoms with E-state index in [0.29, 0.717) is 11.1 Å². The Balaban J connectivity index is 2.27. The highest BCUT2D eigenvalue weighted by Crippen LogP contribution is 2.44. The predicted octanol–water partition coefficient (Wildman–Crippen LogP) is 2.52. The minimum absolute atomic E-state index is 0.326. The van der Waals surface area contributed by atoms with Gasteiger partial charge in [0.15, 0.2) is 5.22 Å². The molecule has 0 radical (unpaired) electrons. The predicted molar refractivity (Wildman–Crippen MR) is 48.0 cm³/mol. The average Bonchev–Trinajstić information content (AvgIpc) is 2.75. The molecule has 0 aliphatic heterocycles. The number of nitrogens with two attached hydrogens (primary N) is 1. The lowest BCUT2D eigenvalue weighted by Crippen LogP contribution is -2.34. The first-order valence-electron chi connectivity index (χ1n) is 4.15. The standard InChI is InChI=1S/C9H12ClNO/c1-9(11,6-2-3-6)7-4-5-8(10)12-7/h4-6H,2-3,11H2,1H3. The topological polar surface area (TPSA) is 39.2 Å². The van der Waals surface area contributed by atoms with E-state index in [9.17, 15) is 0 Å². The maximum absolute atomic E-state index is 6.10. The number of furan rings is 1. The van der Waals surface area contributed by atoms with E-state index < -0.39 is 0 Å². The van der Waals surface area contributed by atoms with Crippen molar-refractivity contribution in [2.24, 2.45) is 11.7 Å². The maximum Gasteiger partial charge on any atom is 0.193 e. The molecule has 0 spiro atoms. The summed E-state index contributed by atoms with van der Waals surface area (Å²) in [6, 6.07) is 3.60. The smallest absolute Gasteiger partial charge is 0.193 e. The van der Waals surface area contributed by atoms with Gasteiger partial charge in [-0.05, 0) is 49.4 Å². The molecule has 1 aromatic heterocycles. The van der Waals surface area contributed by atoms with Crippen molar-refractivity contribution in [1.82, 2.24) is 0 Å². The highest BCUT2D eigenvalue weighted by Gasteiger charge is 2.41. The van der Waals surface area contributed by atoms with Gasteiger partial charge in [-0.25, -0.2) is 0 Å². The van der Waals surface area contributed by atoms with E-state index in [1.54, 1.807) is 6.07 Å². The summed E-state index contributed by atoms with van der Waals surface area (Å²) < 4.78 is 5.29. The molecule has 0 aromatic carbocycles. The molecule has 2 nitrogen and oxygen atoms in total. The van der Waals surface area contributed by atoms with Crippen molar-refractivity contribution < 1.29 is 4.42 Å². The molecule has 2 rings (SSSR count). The fourth-order valence-corrected chi connectivity index (χ4v) is 1.63. The normalized spacial score (nSPS) is 22.2. The molecule has 12 heavy (non-hydrogen) atoms. The van der Waals surface area contributed by atoms with Gasteiger partial charge in [-0.15, -0.1) is 0 Å². The lowest BCUT2D eigenvalue weighted by molar-refractivity contribution is 0.331. The van der Waals surface area contributed by atoms with Gasteiger partial charge in [-0.3, -0.25) is 0 Å². The van der Waals surface area contributed by atoms with Crippen LogP contribution in [0.2, 0.25) is 5.22 Å². The Kier molecular flexibility index (Phi) is 1.70. The SMILES string of the molecule is CC(N)(c1ccc(Cl)o1)C1CC1.